The molecule has 0 fully saturated rings. The van der Waals surface area contributed by atoms with Crippen molar-refractivity contribution < 1.29 is 19.1 Å². The molecule has 0 bridgehead atoms. The van der Waals surface area contributed by atoms with E-state index in [1.54, 1.807) is 6.20 Å². The second kappa shape index (κ2) is 5.96. The van der Waals surface area contributed by atoms with Gasteiger partial charge in [0.05, 0.1) is 18.3 Å². The Morgan fingerprint density at radius 3 is 2.85 bits per heavy atom. The molecule has 1 amide bonds. The molecule has 2 heterocycles. The number of rotatable bonds is 5. The van der Waals surface area contributed by atoms with Crippen LogP contribution in [0.3, 0.4) is 0 Å². The van der Waals surface area contributed by atoms with Crippen LogP contribution in [0.2, 0.25) is 0 Å². The van der Waals surface area contributed by atoms with Gasteiger partial charge in [-0.25, -0.2) is 9.78 Å². The molecule has 2 aromatic heterocycles. The van der Waals surface area contributed by atoms with Crippen LogP contribution < -0.4 is 5.32 Å². The number of hydrogen-bond donors (Lipinski definition) is 2. The number of carbonyl (C=O) groups excluding carboxylic acids is 1. The normalized spacial score (nSPS) is 10.2. The molecule has 7 heteroatoms. The number of amides is 1. The van der Waals surface area contributed by atoms with E-state index >= 15 is 0 Å². The number of aromatic nitrogens is 2. The van der Waals surface area contributed by atoms with Gasteiger partial charge in [0.15, 0.2) is 0 Å². The Morgan fingerprint density at radius 1 is 1.40 bits per heavy atom. The molecule has 0 saturated heterocycles. The number of carboxylic acids is 1. The number of nitrogens with zero attached hydrogens (tertiary/aromatic N) is 2. The fourth-order valence-corrected chi connectivity index (χ4v) is 1.59. The van der Waals surface area contributed by atoms with Gasteiger partial charge in [-0.1, -0.05) is 6.92 Å². The number of carboxylic acid groups (broad SMARTS) is 1. The Balaban J connectivity index is 2.07. The van der Waals surface area contributed by atoms with Gasteiger partial charge in [0, 0.05) is 12.6 Å². The van der Waals surface area contributed by atoms with Gasteiger partial charge in [-0.2, -0.15) is 0 Å². The molecule has 0 aliphatic heterocycles. The predicted octanol–water partition coefficient (Wildman–Crippen LogP) is 1.26. The van der Waals surface area contributed by atoms with Crippen molar-refractivity contribution in [2.45, 2.75) is 19.9 Å². The Labute approximate surface area is 114 Å². The van der Waals surface area contributed by atoms with E-state index < -0.39 is 11.9 Å². The first-order valence-corrected chi connectivity index (χ1v) is 6.02. The first kappa shape index (κ1) is 13.7. The molecule has 20 heavy (non-hydrogen) atoms. The summed E-state index contributed by atoms with van der Waals surface area (Å²) in [5.74, 6) is -0.701. The highest BCUT2D eigenvalue weighted by Gasteiger charge is 2.17. The summed E-state index contributed by atoms with van der Waals surface area (Å²) in [5.41, 5.74) is -0.283. The lowest BCUT2D eigenvalue weighted by molar-refractivity contribution is 0.0690. The van der Waals surface area contributed by atoms with Crippen LogP contribution in [0.4, 0.5) is 0 Å². The molecule has 0 aliphatic rings. The van der Waals surface area contributed by atoms with Crippen LogP contribution in [0.25, 0.3) is 0 Å². The van der Waals surface area contributed by atoms with E-state index in [0.29, 0.717) is 12.3 Å². The van der Waals surface area contributed by atoms with E-state index in [4.69, 9.17) is 9.52 Å². The zero-order valence-electron chi connectivity index (χ0n) is 10.8. The maximum absolute atomic E-state index is 11.9. The third-order valence-electron chi connectivity index (χ3n) is 2.60. The molecule has 0 aromatic carbocycles. The molecule has 0 unspecified atom stereocenters. The SMILES string of the molecule is CCc1cnc(CNC(=O)c2ncccc2C(=O)O)o1. The molecule has 7 nitrogen and oxygen atoms in total. The summed E-state index contributed by atoms with van der Waals surface area (Å²) < 4.78 is 5.33. The Kier molecular flexibility index (Phi) is 4.09. The standard InChI is InChI=1S/C13H13N3O4/c1-2-8-6-15-10(20-8)7-16-12(17)11-9(13(18)19)4-3-5-14-11/h3-6H,2,7H2,1H3,(H,16,17)(H,18,19). The van der Waals surface area contributed by atoms with E-state index in [0.717, 1.165) is 5.76 Å². The van der Waals surface area contributed by atoms with Crippen molar-refractivity contribution in [2.24, 2.45) is 0 Å². The molecule has 0 aliphatic carbocycles. The summed E-state index contributed by atoms with van der Waals surface area (Å²) in [7, 11) is 0. The molecule has 2 rings (SSSR count). The molecule has 0 spiro atoms. The van der Waals surface area contributed by atoms with Gasteiger partial charge in [0.2, 0.25) is 5.89 Å². The topological polar surface area (TPSA) is 105 Å². The van der Waals surface area contributed by atoms with E-state index in [1.807, 2.05) is 6.92 Å². The lowest BCUT2D eigenvalue weighted by atomic mass is 10.2. The molecule has 2 N–H and O–H groups in total. The van der Waals surface area contributed by atoms with Crippen molar-refractivity contribution in [2.75, 3.05) is 0 Å². The number of aromatic carboxylic acids is 1. The van der Waals surface area contributed by atoms with Gasteiger partial charge >= 0.3 is 5.97 Å². The second-order valence-electron chi connectivity index (χ2n) is 3.96. The van der Waals surface area contributed by atoms with Gasteiger partial charge in [-0.15, -0.1) is 0 Å². The maximum Gasteiger partial charge on any atom is 0.338 e. The van der Waals surface area contributed by atoms with Crippen LogP contribution >= 0.6 is 0 Å². The monoisotopic (exact) mass is 275 g/mol. The van der Waals surface area contributed by atoms with E-state index in [-0.39, 0.29) is 17.8 Å². The number of hydrogen-bond acceptors (Lipinski definition) is 5. The third-order valence-corrected chi connectivity index (χ3v) is 2.60. The average molecular weight is 275 g/mol. The van der Waals surface area contributed by atoms with E-state index in [2.05, 4.69) is 15.3 Å². The van der Waals surface area contributed by atoms with Crippen molar-refractivity contribution in [1.29, 1.82) is 0 Å². The van der Waals surface area contributed by atoms with Crippen LogP contribution in [0.5, 0.6) is 0 Å². The predicted molar refractivity (Wildman–Crippen MR) is 68.2 cm³/mol. The van der Waals surface area contributed by atoms with Crippen LogP contribution in [-0.4, -0.2) is 27.0 Å². The maximum atomic E-state index is 11.9. The van der Waals surface area contributed by atoms with Gasteiger partial charge in [0.1, 0.15) is 11.5 Å². The Hall–Kier alpha value is -2.70. The third kappa shape index (κ3) is 3.00. The highest BCUT2D eigenvalue weighted by molar-refractivity contribution is 6.03. The summed E-state index contributed by atoms with van der Waals surface area (Å²) in [6.45, 7) is 2.00. The molecule has 0 radical (unpaired) electrons. The quantitative estimate of drug-likeness (QED) is 0.851. The van der Waals surface area contributed by atoms with Crippen molar-refractivity contribution in [1.82, 2.24) is 15.3 Å². The van der Waals surface area contributed by atoms with Crippen molar-refractivity contribution >= 4 is 11.9 Å². The minimum Gasteiger partial charge on any atom is -0.478 e. The van der Waals surface area contributed by atoms with Crippen molar-refractivity contribution in [3.05, 3.63) is 47.4 Å². The first-order valence-electron chi connectivity index (χ1n) is 6.02. The second-order valence-corrected chi connectivity index (χ2v) is 3.96. The van der Waals surface area contributed by atoms with Crippen LogP contribution in [0, 0.1) is 0 Å². The number of carbonyl (C=O) groups is 2. The highest BCUT2D eigenvalue weighted by atomic mass is 16.4. The number of pyridine rings is 1. The summed E-state index contributed by atoms with van der Waals surface area (Å²) >= 11 is 0. The number of oxazole rings is 1. The van der Waals surface area contributed by atoms with Gasteiger partial charge < -0.3 is 14.8 Å². The number of nitrogens with one attached hydrogen (secondary N) is 1. The van der Waals surface area contributed by atoms with Crippen LogP contribution in [0.1, 0.15) is 39.4 Å². The van der Waals surface area contributed by atoms with Crippen LogP contribution in [0.15, 0.2) is 28.9 Å². The zero-order valence-corrected chi connectivity index (χ0v) is 10.8. The minimum atomic E-state index is -1.20. The zero-order chi connectivity index (χ0) is 14.5. The number of aryl methyl sites for hydroxylation is 1. The summed E-state index contributed by atoms with van der Waals surface area (Å²) in [6.07, 6.45) is 3.66. The molecular formula is C13H13N3O4. The molecule has 2 aromatic rings. The fraction of sp³-hybridized carbons (Fsp3) is 0.231. The van der Waals surface area contributed by atoms with Gasteiger partial charge in [0.25, 0.3) is 5.91 Å². The Bertz CT molecular complexity index is 636. The molecule has 0 atom stereocenters. The van der Waals surface area contributed by atoms with Crippen LogP contribution in [-0.2, 0) is 13.0 Å². The van der Waals surface area contributed by atoms with Crippen molar-refractivity contribution in [3.8, 4) is 0 Å². The van der Waals surface area contributed by atoms with E-state index in [9.17, 15) is 9.59 Å². The highest BCUT2D eigenvalue weighted by Crippen LogP contribution is 2.07. The Morgan fingerprint density at radius 2 is 2.20 bits per heavy atom. The average Bonchev–Trinajstić information content (AvgIpc) is 2.92. The van der Waals surface area contributed by atoms with Gasteiger partial charge in [-0.05, 0) is 12.1 Å². The summed E-state index contributed by atoms with van der Waals surface area (Å²) in [6, 6.07) is 2.78. The first-order chi connectivity index (χ1) is 9.61. The fourth-order valence-electron chi connectivity index (χ4n) is 1.59. The summed E-state index contributed by atoms with van der Waals surface area (Å²) in [4.78, 5) is 30.7. The molecular weight excluding hydrogens is 262 g/mol. The van der Waals surface area contributed by atoms with Crippen molar-refractivity contribution in [3.63, 3.8) is 0 Å². The lowest BCUT2D eigenvalue weighted by Crippen LogP contribution is -2.26. The largest absolute Gasteiger partial charge is 0.478 e. The molecule has 104 valence electrons. The smallest absolute Gasteiger partial charge is 0.338 e. The lowest BCUT2D eigenvalue weighted by Gasteiger charge is -2.04. The minimum absolute atomic E-state index is 0.0778. The summed E-state index contributed by atoms with van der Waals surface area (Å²) in [5, 5.41) is 11.5. The van der Waals surface area contributed by atoms with E-state index in [1.165, 1.54) is 18.3 Å². The van der Waals surface area contributed by atoms with Gasteiger partial charge in [-0.3, -0.25) is 9.78 Å². The molecule has 0 saturated carbocycles.